The zero-order valence-electron chi connectivity index (χ0n) is 14.7. The number of aliphatic imine (C=N–C) groups is 1. The first-order valence-corrected chi connectivity index (χ1v) is 9.99. The molecule has 2 rings (SSSR count). The van der Waals surface area contributed by atoms with Gasteiger partial charge in [-0.25, -0.2) is 0 Å². The van der Waals surface area contributed by atoms with Crippen LogP contribution in [-0.4, -0.2) is 35.1 Å². The van der Waals surface area contributed by atoms with Crippen LogP contribution in [0, 0.1) is 5.92 Å². The summed E-state index contributed by atoms with van der Waals surface area (Å²) in [6.07, 6.45) is 4.99. The molecule has 4 nitrogen and oxygen atoms in total. The number of hydrogen-bond donors (Lipinski definition) is 2. The highest BCUT2D eigenvalue weighted by atomic mass is 127. The first-order chi connectivity index (χ1) is 11.2. The van der Waals surface area contributed by atoms with Gasteiger partial charge in [0.2, 0.25) is 0 Å². The highest BCUT2D eigenvalue weighted by Crippen LogP contribution is 2.23. The van der Waals surface area contributed by atoms with Gasteiger partial charge in [0.15, 0.2) is 5.96 Å². The number of benzene rings is 1. The predicted molar refractivity (Wildman–Crippen MR) is 114 cm³/mol. The second kappa shape index (κ2) is 11.8. The van der Waals surface area contributed by atoms with Gasteiger partial charge in [-0.3, -0.25) is 9.20 Å². The Kier molecular flexibility index (Phi) is 10.6. The Bertz CT molecular complexity index is 516. The zero-order valence-corrected chi connectivity index (χ0v) is 17.8. The molecule has 2 N–H and O–H groups in total. The molecule has 1 aromatic carbocycles. The van der Waals surface area contributed by atoms with E-state index in [2.05, 4.69) is 29.5 Å². The molecule has 0 saturated heterocycles. The Hall–Kier alpha value is -0.630. The molecule has 1 aliphatic rings. The summed E-state index contributed by atoms with van der Waals surface area (Å²) in [4.78, 5) is 5.47. The Labute approximate surface area is 165 Å². The lowest BCUT2D eigenvalue weighted by atomic mass is 9.87. The summed E-state index contributed by atoms with van der Waals surface area (Å²) in [5, 5.41) is 6.83. The molecule has 1 atom stereocenters. The Balaban J connectivity index is 0.00000288. The van der Waals surface area contributed by atoms with Crippen LogP contribution in [0.5, 0.6) is 0 Å². The third-order valence-electron chi connectivity index (χ3n) is 4.25. The van der Waals surface area contributed by atoms with Crippen LogP contribution in [0.15, 0.2) is 40.2 Å². The van der Waals surface area contributed by atoms with Crippen molar-refractivity contribution in [1.82, 2.24) is 10.6 Å². The van der Waals surface area contributed by atoms with E-state index in [9.17, 15) is 4.21 Å². The van der Waals surface area contributed by atoms with E-state index in [1.165, 1.54) is 25.7 Å². The van der Waals surface area contributed by atoms with Crippen LogP contribution in [-0.2, 0) is 10.8 Å². The van der Waals surface area contributed by atoms with E-state index in [1.807, 2.05) is 30.3 Å². The Morgan fingerprint density at radius 2 is 1.88 bits per heavy atom. The van der Waals surface area contributed by atoms with E-state index < -0.39 is 10.8 Å². The lowest BCUT2D eigenvalue weighted by Gasteiger charge is -2.28. The highest BCUT2D eigenvalue weighted by Gasteiger charge is 2.18. The molecule has 0 spiro atoms. The molecule has 24 heavy (non-hydrogen) atoms. The normalized spacial score (nSPS) is 22.3. The van der Waals surface area contributed by atoms with Crippen LogP contribution in [0.2, 0.25) is 0 Å². The van der Waals surface area contributed by atoms with Crippen molar-refractivity contribution in [2.75, 3.05) is 18.8 Å². The van der Waals surface area contributed by atoms with Crippen LogP contribution in [0.1, 0.15) is 39.5 Å². The predicted octanol–water partition coefficient (Wildman–Crippen LogP) is 3.55. The fraction of sp³-hybridized carbons (Fsp3) is 0.611. The third-order valence-corrected chi connectivity index (χ3v) is 5.60. The number of nitrogens with zero attached hydrogens (tertiary/aromatic N) is 1. The molecule has 6 heteroatoms. The maximum Gasteiger partial charge on any atom is 0.191 e. The lowest BCUT2D eigenvalue weighted by Crippen LogP contribution is -2.44. The summed E-state index contributed by atoms with van der Waals surface area (Å²) < 4.78 is 12.2. The monoisotopic (exact) mass is 463 g/mol. The highest BCUT2D eigenvalue weighted by molar-refractivity contribution is 14.0. The number of nitrogens with one attached hydrogen (secondary N) is 2. The molecule has 0 amide bonds. The van der Waals surface area contributed by atoms with Gasteiger partial charge in [0.25, 0.3) is 0 Å². The van der Waals surface area contributed by atoms with E-state index in [-0.39, 0.29) is 24.0 Å². The fourth-order valence-electron chi connectivity index (χ4n) is 2.85. The van der Waals surface area contributed by atoms with E-state index in [4.69, 9.17) is 0 Å². The van der Waals surface area contributed by atoms with Gasteiger partial charge in [-0.1, -0.05) is 25.1 Å². The second-order valence-electron chi connectivity index (χ2n) is 6.22. The first kappa shape index (κ1) is 21.4. The molecule has 1 aliphatic carbocycles. The van der Waals surface area contributed by atoms with Crippen molar-refractivity contribution < 1.29 is 4.21 Å². The smallest absolute Gasteiger partial charge is 0.191 e. The van der Waals surface area contributed by atoms with E-state index in [0.29, 0.717) is 18.3 Å². The largest absolute Gasteiger partial charge is 0.357 e. The third kappa shape index (κ3) is 7.51. The minimum absolute atomic E-state index is 0. The summed E-state index contributed by atoms with van der Waals surface area (Å²) in [5.41, 5.74) is 0. The first-order valence-electron chi connectivity index (χ1n) is 8.67. The molecule has 0 radical (unpaired) electrons. The molecule has 0 aromatic heterocycles. The molecule has 1 fully saturated rings. The summed E-state index contributed by atoms with van der Waals surface area (Å²) >= 11 is 0. The van der Waals surface area contributed by atoms with Crippen LogP contribution in [0.3, 0.4) is 0 Å². The molecule has 1 saturated carbocycles. The molecule has 1 aromatic rings. The number of rotatable bonds is 6. The lowest BCUT2D eigenvalue weighted by molar-refractivity contribution is 0.329. The molecular formula is C18H30IN3OS. The zero-order chi connectivity index (χ0) is 16.5. The summed E-state index contributed by atoms with van der Waals surface area (Å²) in [7, 11) is -0.978. The maximum absolute atomic E-state index is 12.2. The topological polar surface area (TPSA) is 53.5 Å². The Morgan fingerprint density at radius 3 is 2.50 bits per heavy atom. The van der Waals surface area contributed by atoms with Crippen LogP contribution >= 0.6 is 24.0 Å². The van der Waals surface area contributed by atoms with E-state index in [0.717, 1.165) is 23.3 Å². The van der Waals surface area contributed by atoms with Gasteiger partial charge in [-0.2, -0.15) is 0 Å². The van der Waals surface area contributed by atoms with Gasteiger partial charge >= 0.3 is 0 Å². The van der Waals surface area contributed by atoms with E-state index in [1.54, 1.807) is 0 Å². The van der Waals surface area contributed by atoms with Crippen LogP contribution in [0.4, 0.5) is 0 Å². The van der Waals surface area contributed by atoms with Gasteiger partial charge in [0, 0.05) is 23.2 Å². The van der Waals surface area contributed by atoms with Crippen molar-refractivity contribution in [2.24, 2.45) is 10.9 Å². The van der Waals surface area contributed by atoms with Crippen molar-refractivity contribution in [1.29, 1.82) is 0 Å². The second-order valence-corrected chi connectivity index (χ2v) is 7.80. The quantitative estimate of drug-likeness (QED) is 0.386. The minimum atomic E-state index is -0.978. The van der Waals surface area contributed by atoms with E-state index >= 15 is 0 Å². The van der Waals surface area contributed by atoms with Crippen molar-refractivity contribution >= 4 is 40.7 Å². The van der Waals surface area contributed by atoms with Crippen LogP contribution < -0.4 is 10.6 Å². The average Bonchev–Trinajstić information content (AvgIpc) is 2.58. The molecule has 0 bridgehead atoms. The van der Waals surface area contributed by atoms with Crippen molar-refractivity contribution in [3.8, 4) is 0 Å². The van der Waals surface area contributed by atoms with Gasteiger partial charge in [0.05, 0.1) is 17.3 Å². The fourth-order valence-corrected chi connectivity index (χ4v) is 3.80. The number of guanidine groups is 1. The van der Waals surface area contributed by atoms with Gasteiger partial charge in [-0.15, -0.1) is 24.0 Å². The molecule has 0 aliphatic heterocycles. The van der Waals surface area contributed by atoms with Crippen molar-refractivity contribution in [3.05, 3.63) is 30.3 Å². The Morgan fingerprint density at radius 1 is 1.21 bits per heavy atom. The average molecular weight is 463 g/mol. The van der Waals surface area contributed by atoms with Gasteiger partial charge in [-0.05, 0) is 50.7 Å². The maximum atomic E-state index is 12.2. The SMILES string of the molecule is CCNC(=NCCS(=O)c1ccccc1)NC1CCC(C)CC1.I. The molecule has 1 unspecified atom stereocenters. The van der Waals surface area contributed by atoms with Gasteiger partial charge in [0.1, 0.15) is 0 Å². The molecule has 136 valence electrons. The molecular weight excluding hydrogens is 433 g/mol. The summed E-state index contributed by atoms with van der Waals surface area (Å²) in [6, 6.07) is 10.1. The molecule has 0 heterocycles. The standard InChI is InChI=1S/C18H29N3OS.HI/c1-3-19-18(21-16-11-9-15(2)10-12-16)20-13-14-23(22)17-7-5-4-6-8-17;/h4-8,15-16H,3,9-14H2,1-2H3,(H2,19,20,21);1H. The van der Waals surface area contributed by atoms with Crippen molar-refractivity contribution in [2.45, 2.75) is 50.5 Å². The summed E-state index contributed by atoms with van der Waals surface area (Å²) in [6.45, 7) is 5.81. The number of hydrogen-bond acceptors (Lipinski definition) is 2. The number of halogens is 1. The van der Waals surface area contributed by atoms with Crippen molar-refractivity contribution in [3.63, 3.8) is 0 Å². The summed E-state index contributed by atoms with van der Waals surface area (Å²) in [5.74, 6) is 2.26. The minimum Gasteiger partial charge on any atom is -0.357 e. The van der Waals surface area contributed by atoms with Gasteiger partial charge < -0.3 is 10.6 Å². The van der Waals surface area contributed by atoms with Crippen LogP contribution in [0.25, 0.3) is 0 Å².